The molecule has 0 aliphatic carbocycles. The summed E-state index contributed by atoms with van der Waals surface area (Å²) in [6.45, 7) is 1.58. The van der Waals surface area contributed by atoms with Crippen LogP contribution in [0.5, 0.6) is 0 Å². The van der Waals surface area contributed by atoms with Gasteiger partial charge < -0.3 is 5.84 Å². The highest BCUT2D eigenvalue weighted by atomic mass is 15.3. The lowest BCUT2D eigenvalue weighted by Crippen LogP contribution is -2.22. The van der Waals surface area contributed by atoms with Gasteiger partial charge in [-0.1, -0.05) is 11.6 Å². The molecule has 0 heterocycles. The molecule has 10 heavy (non-hydrogen) atoms. The molecule has 0 aliphatic heterocycles. The molecular formula is C5H15N5. The Labute approximate surface area is 60.8 Å². The fourth-order valence-corrected chi connectivity index (χ4v) is 0.644. The zero-order chi connectivity index (χ0) is 7.66. The average Bonchev–Trinajstić information content (AvgIpc) is 1.97. The van der Waals surface area contributed by atoms with Gasteiger partial charge in [0.25, 0.3) is 0 Å². The molecule has 0 unspecified atom stereocenters. The maximum absolute atomic E-state index is 5.06. The highest BCUT2D eigenvalue weighted by molar-refractivity contribution is 4.44. The van der Waals surface area contributed by atoms with Crippen molar-refractivity contribution >= 4 is 0 Å². The van der Waals surface area contributed by atoms with Crippen LogP contribution in [-0.4, -0.2) is 13.1 Å². The highest BCUT2D eigenvalue weighted by Gasteiger charge is 1.85. The van der Waals surface area contributed by atoms with Gasteiger partial charge in [-0.05, 0) is 12.8 Å². The van der Waals surface area contributed by atoms with Crippen molar-refractivity contribution in [3.05, 3.63) is 0 Å². The lowest BCUT2D eigenvalue weighted by atomic mass is 10.2. The molecule has 0 aromatic rings. The third-order valence-electron chi connectivity index (χ3n) is 1.16. The first kappa shape index (κ1) is 9.32. The number of nitrogens with zero attached hydrogens (tertiary/aromatic N) is 2. The molecule has 0 bridgehead atoms. The fourth-order valence-electron chi connectivity index (χ4n) is 0.644. The molecule has 0 amide bonds. The van der Waals surface area contributed by atoms with E-state index in [1.807, 2.05) is 0 Å². The molecule has 5 N–H and O–H groups in total. The monoisotopic (exact) mass is 145 g/mol. The summed E-state index contributed by atoms with van der Waals surface area (Å²) in [6, 6.07) is 0. The van der Waals surface area contributed by atoms with E-state index in [0.29, 0.717) is 0 Å². The van der Waals surface area contributed by atoms with Crippen molar-refractivity contribution in [3.8, 4) is 0 Å². The van der Waals surface area contributed by atoms with Crippen LogP contribution in [0.4, 0.5) is 0 Å². The summed E-state index contributed by atoms with van der Waals surface area (Å²) in [6.07, 6.45) is 3.22. The van der Waals surface area contributed by atoms with Crippen LogP contribution in [0, 0.1) is 0 Å². The lowest BCUT2D eigenvalue weighted by molar-refractivity contribution is 0.618. The number of hydrogen-bond acceptors (Lipinski definition) is 4. The van der Waals surface area contributed by atoms with Crippen molar-refractivity contribution in [1.82, 2.24) is 5.43 Å². The number of nitrogens with two attached hydrogens (primary N) is 2. The standard InChI is InChI=1S/C5H15N5/c6-8-4-2-1-3-5-9-10-7/h8H,1-6H2,(H2,7,9). The van der Waals surface area contributed by atoms with E-state index >= 15 is 0 Å². The smallest absolute Gasteiger partial charge is 0.0620 e. The molecule has 5 heteroatoms. The molecule has 0 spiro atoms. The van der Waals surface area contributed by atoms with E-state index in [4.69, 9.17) is 11.7 Å². The van der Waals surface area contributed by atoms with Crippen LogP contribution in [-0.2, 0) is 0 Å². The highest BCUT2D eigenvalue weighted by Crippen LogP contribution is 1.93. The van der Waals surface area contributed by atoms with Crippen molar-refractivity contribution in [3.63, 3.8) is 0 Å². The van der Waals surface area contributed by atoms with E-state index in [2.05, 4.69) is 15.8 Å². The Kier molecular flexibility index (Phi) is 7.75. The van der Waals surface area contributed by atoms with Gasteiger partial charge in [-0.2, -0.15) is 5.11 Å². The van der Waals surface area contributed by atoms with E-state index < -0.39 is 0 Å². The zero-order valence-corrected chi connectivity index (χ0v) is 6.08. The molecule has 0 saturated carbocycles. The molecule has 0 saturated heterocycles. The van der Waals surface area contributed by atoms with Gasteiger partial charge in [-0.15, -0.1) is 0 Å². The van der Waals surface area contributed by atoms with Crippen molar-refractivity contribution in [2.45, 2.75) is 19.3 Å². The van der Waals surface area contributed by atoms with Crippen molar-refractivity contribution < 1.29 is 0 Å². The van der Waals surface area contributed by atoms with Crippen LogP contribution in [0.2, 0.25) is 0 Å². The van der Waals surface area contributed by atoms with Gasteiger partial charge in [-0.3, -0.25) is 11.3 Å². The predicted octanol–water partition coefficient (Wildman–Crippen LogP) is -0.0541. The Balaban J connectivity index is 2.77. The second-order valence-corrected chi connectivity index (χ2v) is 2.00. The van der Waals surface area contributed by atoms with Crippen molar-refractivity contribution in [2.75, 3.05) is 13.1 Å². The lowest BCUT2D eigenvalue weighted by Gasteiger charge is -1.95. The normalized spacial score (nSPS) is 10.9. The summed E-state index contributed by atoms with van der Waals surface area (Å²) >= 11 is 0. The summed E-state index contributed by atoms with van der Waals surface area (Å²) in [5.74, 6) is 9.85. The molecule has 0 radical (unpaired) electrons. The molecular weight excluding hydrogens is 130 g/mol. The summed E-state index contributed by atoms with van der Waals surface area (Å²) in [5, 5.41) is 6.76. The molecule has 5 nitrogen and oxygen atoms in total. The summed E-state index contributed by atoms with van der Waals surface area (Å²) < 4.78 is 0. The topological polar surface area (TPSA) is 88.8 Å². The SMILES string of the molecule is NN=NCCCCCNN. The Hall–Kier alpha value is -0.680. The molecule has 0 fully saturated rings. The third kappa shape index (κ3) is 7.32. The number of unbranched alkanes of at least 4 members (excludes halogenated alkanes) is 2. The fraction of sp³-hybridized carbons (Fsp3) is 1.00. The first-order valence-corrected chi connectivity index (χ1v) is 3.42. The number of nitrogens with one attached hydrogen (secondary N) is 1. The van der Waals surface area contributed by atoms with E-state index in [1.54, 1.807) is 0 Å². The van der Waals surface area contributed by atoms with E-state index in [9.17, 15) is 0 Å². The summed E-state index contributed by atoms with van der Waals surface area (Å²) in [7, 11) is 0. The molecule has 0 atom stereocenters. The van der Waals surface area contributed by atoms with Gasteiger partial charge in [0.05, 0.1) is 6.54 Å². The van der Waals surface area contributed by atoms with Crippen molar-refractivity contribution in [1.29, 1.82) is 0 Å². The van der Waals surface area contributed by atoms with Crippen LogP contribution in [0.1, 0.15) is 19.3 Å². The first-order chi connectivity index (χ1) is 4.91. The second-order valence-electron chi connectivity index (χ2n) is 2.00. The summed E-state index contributed by atoms with van der Waals surface area (Å²) in [4.78, 5) is 0. The van der Waals surface area contributed by atoms with Gasteiger partial charge in [0, 0.05) is 6.54 Å². The van der Waals surface area contributed by atoms with Crippen LogP contribution in [0.25, 0.3) is 0 Å². The van der Waals surface area contributed by atoms with Crippen LogP contribution in [0.15, 0.2) is 10.3 Å². The van der Waals surface area contributed by atoms with Crippen molar-refractivity contribution in [2.24, 2.45) is 22.0 Å². The number of hydrogen-bond donors (Lipinski definition) is 3. The Morgan fingerprint density at radius 1 is 1.20 bits per heavy atom. The minimum absolute atomic E-state index is 0.723. The molecule has 60 valence electrons. The Morgan fingerprint density at radius 3 is 2.60 bits per heavy atom. The van der Waals surface area contributed by atoms with Gasteiger partial charge >= 0.3 is 0 Å². The second kappa shape index (κ2) is 8.32. The third-order valence-corrected chi connectivity index (χ3v) is 1.16. The van der Waals surface area contributed by atoms with E-state index in [-0.39, 0.29) is 0 Å². The van der Waals surface area contributed by atoms with Gasteiger partial charge in [0.2, 0.25) is 0 Å². The Bertz CT molecular complexity index is 82.1. The maximum atomic E-state index is 5.06. The largest absolute Gasteiger partial charge is 0.305 e. The molecule has 0 aromatic heterocycles. The quantitative estimate of drug-likeness (QED) is 0.212. The maximum Gasteiger partial charge on any atom is 0.0620 e. The van der Waals surface area contributed by atoms with Crippen LogP contribution in [0.3, 0.4) is 0 Å². The zero-order valence-electron chi connectivity index (χ0n) is 6.08. The average molecular weight is 145 g/mol. The molecule has 0 aromatic carbocycles. The summed E-state index contributed by atoms with van der Waals surface area (Å²) in [5.41, 5.74) is 2.58. The van der Waals surface area contributed by atoms with Crippen LogP contribution < -0.4 is 17.1 Å². The van der Waals surface area contributed by atoms with E-state index in [0.717, 1.165) is 32.4 Å². The predicted molar refractivity (Wildman–Crippen MR) is 40.0 cm³/mol. The minimum Gasteiger partial charge on any atom is -0.305 e. The van der Waals surface area contributed by atoms with Crippen LogP contribution >= 0.6 is 0 Å². The number of hydrazine groups is 1. The van der Waals surface area contributed by atoms with Gasteiger partial charge in [-0.25, -0.2) is 0 Å². The first-order valence-electron chi connectivity index (χ1n) is 3.42. The van der Waals surface area contributed by atoms with Gasteiger partial charge in [0.15, 0.2) is 0 Å². The van der Waals surface area contributed by atoms with E-state index in [1.165, 1.54) is 0 Å². The Morgan fingerprint density at radius 2 is 2.00 bits per heavy atom. The molecule has 0 aliphatic rings. The molecule has 0 rings (SSSR count). The minimum atomic E-state index is 0.723. The van der Waals surface area contributed by atoms with Gasteiger partial charge in [0.1, 0.15) is 0 Å². The number of rotatable bonds is 6.